The number of aromatic nitrogens is 2. The number of hydrogen-bond acceptors (Lipinski definition) is 5. The standard InChI is InChI=1S/C15H28N4O/c1-12(2)10-16-11-14-6-7-15(18-17-14)19(13(3)4)8-9-20-5/h6-7,12-13,16H,8-11H2,1-5H3. The molecule has 0 unspecified atom stereocenters. The number of methoxy groups -OCH3 is 1. The van der Waals surface area contributed by atoms with Crippen LogP contribution >= 0.6 is 0 Å². The fourth-order valence-corrected chi connectivity index (χ4v) is 1.92. The summed E-state index contributed by atoms with van der Waals surface area (Å²) in [6, 6.07) is 4.46. The molecule has 1 aromatic rings. The molecule has 0 bridgehead atoms. The van der Waals surface area contributed by atoms with Crippen molar-refractivity contribution in [3.05, 3.63) is 17.8 Å². The lowest BCUT2D eigenvalue weighted by molar-refractivity contribution is 0.203. The average Bonchev–Trinajstić information content (AvgIpc) is 2.40. The van der Waals surface area contributed by atoms with E-state index < -0.39 is 0 Å². The molecule has 0 aliphatic rings. The van der Waals surface area contributed by atoms with Gasteiger partial charge in [-0.1, -0.05) is 13.8 Å². The number of ether oxygens (including phenoxy) is 1. The normalized spacial score (nSPS) is 11.3. The predicted molar refractivity (Wildman–Crippen MR) is 82.9 cm³/mol. The van der Waals surface area contributed by atoms with Crippen molar-refractivity contribution < 1.29 is 4.74 Å². The molecule has 114 valence electrons. The summed E-state index contributed by atoms with van der Waals surface area (Å²) in [4.78, 5) is 2.20. The van der Waals surface area contributed by atoms with Crippen molar-refractivity contribution >= 4 is 5.82 Å². The van der Waals surface area contributed by atoms with Crippen molar-refractivity contribution in [2.24, 2.45) is 5.92 Å². The topological polar surface area (TPSA) is 50.3 Å². The van der Waals surface area contributed by atoms with Crippen LogP contribution in [0.4, 0.5) is 5.82 Å². The Morgan fingerprint density at radius 3 is 2.45 bits per heavy atom. The SMILES string of the molecule is COCCN(c1ccc(CNCC(C)C)nn1)C(C)C. The fraction of sp³-hybridized carbons (Fsp3) is 0.733. The van der Waals surface area contributed by atoms with Crippen LogP contribution in [-0.4, -0.2) is 43.0 Å². The molecular weight excluding hydrogens is 252 g/mol. The van der Waals surface area contributed by atoms with Crippen LogP contribution in [0.2, 0.25) is 0 Å². The summed E-state index contributed by atoms with van der Waals surface area (Å²) in [5.74, 6) is 1.55. The summed E-state index contributed by atoms with van der Waals surface area (Å²) in [6.45, 7) is 12.0. The van der Waals surface area contributed by atoms with E-state index >= 15 is 0 Å². The van der Waals surface area contributed by atoms with Gasteiger partial charge in [-0.05, 0) is 38.4 Å². The molecule has 0 atom stereocenters. The molecule has 1 heterocycles. The van der Waals surface area contributed by atoms with Crippen molar-refractivity contribution in [1.82, 2.24) is 15.5 Å². The van der Waals surface area contributed by atoms with Gasteiger partial charge in [-0.25, -0.2) is 0 Å². The monoisotopic (exact) mass is 280 g/mol. The van der Waals surface area contributed by atoms with Crippen LogP contribution in [0.15, 0.2) is 12.1 Å². The van der Waals surface area contributed by atoms with Crippen LogP contribution < -0.4 is 10.2 Å². The Balaban J connectivity index is 2.58. The van der Waals surface area contributed by atoms with Crippen LogP contribution in [0.1, 0.15) is 33.4 Å². The first kappa shape index (κ1) is 16.9. The first-order valence-corrected chi connectivity index (χ1v) is 7.33. The van der Waals surface area contributed by atoms with Gasteiger partial charge in [-0.3, -0.25) is 0 Å². The Morgan fingerprint density at radius 1 is 1.20 bits per heavy atom. The zero-order chi connectivity index (χ0) is 15.0. The summed E-state index contributed by atoms with van der Waals surface area (Å²) in [5, 5.41) is 12.0. The van der Waals surface area contributed by atoms with Gasteiger partial charge in [0.2, 0.25) is 0 Å². The van der Waals surface area contributed by atoms with Gasteiger partial charge in [0.1, 0.15) is 0 Å². The summed E-state index contributed by atoms with van der Waals surface area (Å²) in [5.41, 5.74) is 0.977. The van der Waals surface area contributed by atoms with E-state index in [-0.39, 0.29) is 0 Å². The zero-order valence-corrected chi connectivity index (χ0v) is 13.4. The van der Waals surface area contributed by atoms with Gasteiger partial charge in [-0.2, -0.15) is 5.10 Å². The predicted octanol–water partition coefficient (Wildman–Crippen LogP) is 2.08. The van der Waals surface area contributed by atoms with E-state index in [1.807, 2.05) is 12.1 Å². The molecule has 0 saturated heterocycles. The molecule has 0 aliphatic heterocycles. The van der Waals surface area contributed by atoms with Crippen molar-refractivity contribution in [2.75, 3.05) is 31.7 Å². The van der Waals surface area contributed by atoms with Gasteiger partial charge in [0.05, 0.1) is 12.3 Å². The Bertz CT molecular complexity index is 365. The number of hydrogen-bond donors (Lipinski definition) is 1. The molecule has 5 heteroatoms. The van der Waals surface area contributed by atoms with E-state index in [9.17, 15) is 0 Å². The molecule has 20 heavy (non-hydrogen) atoms. The molecule has 1 aromatic heterocycles. The zero-order valence-electron chi connectivity index (χ0n) is 13.4. The third-order valence-corrected chi connectivity index (χ3v) is 3.02. The minimum atomic E-state index is 0.379. The van der Waals surface area contributed by atoms with Crippen LogP contribution in [-0.2, 0) is 11.3 Å². The molecule has 0 fully saturated rings. The van der Waals surface area contributed by atoms with Gasteiger partial charge in [0.25, 0.3) is 0 Å². The molecule has 1 rings (SSSR count). The third kappa shape index (κ3) is 5.84. The van der Waals surface area contributed by atoms with Crippen LogP contribution in [0.5, 0.6) is 0 Å². The minimum absolute atomic E-state index is 0.379. The van der Waals surface area contributed by atoms with Gasteiger partial charge < -0.3 is 15.0 Å². The largest absolute Gasteiger partial charge is 0.383 e. The highest BCUT2D eigenvalue weighted by atomic mass is 16.5. The Morgan fingerprint density at radius 2 is 1.95 bits per heavy atom. The number of nitrogens with one attached hydrogen (secondary N) is 1. The van der Waals surface area contributed by atoms with E-state index in [2.05, 4.69) is 48.1 Å². The first-order valence-electron chi connectivity index (χ1n) is 7.33. The summed E-state index contributed by atoms with van der Waals surface area (Å²) < 4.78 is 5.14. The van der Waals surface area contributed by atoms with E-state index in [0.29, 0.717) is 18.6 Å². The number of nitrogens with zero attached hydrogens (tertiary/aromatic N) is 3. The van der Waals surface area contributed by atoms with Gasteiger partial charge in [-0.15, -0.1) is 5.10 Å². The smallest absolute Gasteiger partial charge is 0.151 e. The second-order valence-electron chi connectivity index (χ2n) is 5.69. The van der Waals surface area contributed by atoms with E-state index in [0.717, 1.165) is 31.1 Å². The minimum Gasteiger partial charge on any atom is -0.383 e. The van der Waals surface area contributed by atoms with Gasteiger partial charge in [0, 0.05) is 26.2 Å². The van der Waals surface area contributed by atoms with Crippen molar-refractivity contribution in [3.8, 4) is 0 Å². The number of rotatable bonds is 9. The van der Waals surface area contributed by atoms with Gasteiger partial charge >= 0.3 is 0 Å². The molecule has 0 spiro atoms. The average molecular weight is 280 g/mol. The molecule has 5 nitrogen and oxygen atoms in total. The lowest BCUT2D eigenvalue weighted by Gasteiger charge is -2.27. The van der Waals surface area contributed by atoms with Crippen LogP contribution in [0, 0.1) is 5.92 Å². The molecule has 0 radical (unpaired) electrons. The Kier molecular flexibility index (Phi) is 7.47. The maximum Gasteiger partial charge on any atom is 0.151 e. The van der Waals surface area contributed by atoms with Gasteiger partial charge in [0.15, 0.2) is 5.82 Å². The highest BCUT2D eigenvalue weighted by Crippen LogP contribution is 2.12. The third-order valence-electron chi connectivity index (χ3n) is 3.02. The lowest BCUT2D eigenvalue weighted by atomic mass is 10.2. The summed E-state index contributed by atoms with van der Waals surface area (Å²) >= 11 is 0. The number of anilines is 1. The molecular formula is C15H28N4O. The second kappa shape index (κ2) is 8.87. The van der Waals surface area contributed by atoms with Crippen molar-refractivity contribution in [3.63, 3.8) is 0 Å². The molecule has 0 saturated carbocycles. The van der Waals surface area contributed by atoms with E-state index in [1.54, 1.807) is 7.11 Å². The van der Waals surface area contributed by atoms with Crippen molar-refractivity contribution in [2.45, 2.75) is 40.3 Å². The second-order valence-corrected chi connectivity index (χ2v) is 5.69. The Labute approximate surface area is 122 Å². The van der Waals surface area contributed by atoms with E-state index in [4.69, 9.17) is 4.74 Å². The molecule has 1 N–H and O–H groups in total. The highest BCUT2D eigenvalue weighted by Gasteiger charge is 2.12. The molecule has 0 aromatic carbocycles. The summed E-state index contributed by atoms with van der Waals surface area (Å²) in [7, 11) is 1.72. The molecule has 0 amide bonds. The van der Waals surface area contributed by atoms with Crippen LogP contribution in [0.25, 0.3) is 0 Å². The molecule has 0 aliphatic carbocycles. The fourth-order valence-electron chi connectivity index (χ4n) is 1.92. The first-order chi connectivity index (χ1) is 9.54. The quantitative estimate of drug-likeness (QED) is 0.750. The van der Waals surface area contributed by atoms with Crippen LogP contribution in [0.3, 0.4) is 0 Å². The maximum atomic E-state index is 5.14. The highest BCUT2D eigenvalue weighted by molar-refractivity contribution is 5.38. The van der Waals surface area contributed by atoms with E-state index in [1.165, 1.54) is 0 Å². The Hall–Kier alpha value is -1.20. The van der Waals surface area contributed by atoms with Crippen molar-refractivity contribution in [1.29, 1.82) is 0 Å². The summed E-state index contributed by atoms with van der Waals surface area (Å²) in [6.07, 6.45) is 0. The lowest BCUT2D eigenvalue weighted by Crippen LogP contribution is -2.34. The maximum absolute atomic E-state index is 5.14.